The SMILES string of the molecule is C[C@]1(c2ccc3c(c2)OCO3)NC(=O)N(C[C@@H](O)COc2ccc(F)cc2)C1=O. The summed E-state index contributed by atoms with van der Waals surface area (Å²) in [6.45, 7) is 1.28. The molecular formula is C20H19FN2O6. The quantitative estimate of drug-likeness (QED) is 0.715. The number of urea groups is 1. The first-order chi connectivity index (χ1) is 13.9. The number of aliphatic hydroxyl groups excluding tert-OH is 1. The smallest absolute Gasteiger partial charge is 0.325 e. The van der Waals surface area contributed by atoms with Crippen molar-refractivity contribution in [2.75, 3.05) is 19.9 Å². The van der Waals surface area contributed by atoms with Crippen LogP contribution in [-0.2, 0) is 10.3 Å². The summed E-state index contributed by atoms with van der Waals surface area (Å²) in [4.78, 5) is 26.3. The van der Waals surface area contributed by atoms with Crippen LogP contribution in [0.2, 0.25) is 0 Å². The third-order valence-corrected chi connectivity index (χ3v) is 4.87. The lowest BCUT2D eigenvalue weighted by Crippen LogP contribution is -2.42. The number of hydrogen-bond donors (Lipinski definition) is 2. The Bertz CT molecular complexity index is 950. The molecule has 2 atom stereocenters. The molecule has 1 fully saturated rings. The number of ether oxygens (including phenoxy) is 3. The van der Waals surface area contributed by atoms with E-state index < -0.39 is 29.4 Å². The van der Waals surface area contributed by atoms with Gasteiger partial charge in [-0.15, -0.1) is 0 Å². The lowest BCUT2D eigenvalue weighted by molar-refractivity contribution is -0.132. The van der Waals surface area contributed by atoms with Gasteiger partial charge in [0, 0.05) is 0 Å². The van der Waals surface area contributed by atoms with E-state index in [1.54, 1.807) is 25.1 Å². The summed E-state index contributed by atoms with van der Waals surface area (Å²) in [6, 6.07) is 9.71. The molecule has 4 rings (SSSR count). The predicted molar refractivity (Wildman–Crippen MR) is 98.1 cm³/mol. The fourth-order valence-corrected chi connectivity index (χ4v) is 3.25. The number of imide groups is 1. The van der Waals surface area contributed by atoms with E-state index >= 15 is 0 Å². The van der Waals surface area contributed by atoms with Crippen molar-refractivity contribution in [2.45, 2.75) is 18.6 Å². The molecular weight excluding hydrogens is 383 g/mol. The van der Waals surface area contributed by atoms with E-state index in [9.17, 15) is 19.1 Å². The molecule has 2 aromatic carbocycles. The fraction of sp³-hybridized carbons (Fsp3) is 0.300. The summed E-state index contributed by atoms with van der Waals surface area (Å²) in [5.74, 6) is 0.534. The Morgan fingerprint density at radius 1 is 1.21 bits per heavy atom. The average molecular weight is 402 g/mol. The van der Waals surface area contributed by atoms with Crippen LogP contribution >= 0.6 is 0 Å². The average Bonchev–Trinajstić information content (AvgIpc) is 3.26. The minimum absolute atomic E-state index is 0.0994. The Balaban J connectivity index is 1.43. The van der Waals surface area contributed by atoms with Gasteiger partial charge < -0.3 is 24.6 Å². The van der Waals surface area contributed by atoms with E-state index in [1.807, 2.05) is 0 Å². The van der Waals surface area contributed by atoms with Crippen LogP contribution in [-0.4, -0.2) is 48.0 Å². The molecule has 152 valence electrons. The van der Waals surface area contributed by atoms with Gasteiger partial charge in [-0.05, 0) is 48.9 Å². The maximum atomic E-state index is 13.0. The zero-order valence-electron chi connectivity index (χ0n) is 15.6. The lowest BCUT2D eigenvalue weighted by Gasteiger charge is -2.23. The van der Waals surface area contributed by atoms with Crippen LogP contribution in [0.5, 0.6) is 17.2 Å². The minimum Gasteiger partial charge on any atom is -0.491 e. The van der Waals surface area contributed by atoms with Crippen LogP contribution in [0.4, 0.5) is 9.18 Å². The number of rotatable bonds is 6. The number of carbonyl (C=O) groups excluding carboxylic acids is 2. The molecule has 2 aromatic rings. The second-order valence-electron chi connectivity index (χ2n) is 6.96. The molecule has 0 saturated carbocycles. The Morgan fingerprint density at radius 3 is 2.69 bits per heavy atom. The number of fused-ring (bicyclic) bond motifs is 1. The van der Waals surface area contributed by atoms with Crippen molar-refractivity contribution in [3.05, 3.63) is 53.8 Å². The maximum Gasteiger partial charge on any atom is 0.325 e. The van der Waals surface area contributed by atoms with Gasteiger partial charge in [-0.1, -0.05) is 6.07 Å². The van der Waals surface area contributed by atoms with Gasteiger partial charge in [0.15, 0.2) is 11.5 Å². The number of aliphatic hydroxyl groups is 1. The van der Waals surface area contributed by atoms with Gasteiger partial charge in [0.2, 0.25) is 6.79 Å². The molecule has 2 aliphatic rings. The monoisotopic (exact) mass is 402 g/mol. The number of amides is 3. The molecule has 2 N–H and O–H groups in total. The number of halogens is 1. The predicted octanol–water partition coefficient (Wildman–Crippen LogP) is 1.76. The summed E-state index contributed by atoms with van der Waals surface area (Å²) < 4.78 is 28.9. The van der Waals surface area contributed by atoms with Gasteiger partial charge in [-0.25, -0.2) is 9.18 Å². The molecule has 0 aliphatic carbocycles. The van der Waals surface area contributed by atoms with E-state index in [4.69, 9.17) is 14.2 Å². The third-order valence-electron chi connectivity index (χ3n) is 4.87. The Kier molecular flexibility index (Phi) is 4.75. The lowest BCUT2D eigenvalue weighted by atomic mass is 9.91. The first kappa shape index (κ1) is 19.0. The summed E-state index contributed by atoms with van der Waals surface area (Å²) in [5, 5.41) is 12.9. The fourth-order valence-electron chi connectivity index (χ4n) is 3.25. The van der Waals surface area contributed by atoms with Crippen molar-refractivity contribution in [3.8, 4) is 17.2 Å². The Labute approximate surface area is 165 Å². The van der Waals surface area contributed by atoms with Gasteiger partial charge >= 0.3 is 6.03 Å². The summed E-state index contributed by atoms with van der Waals surface area (Å²) in [7, 11) is 0. The van der Waals surface area contributed by atoms with Gasteiger partial charge in [-0.2, -0.15) is 0 Å². The zero-order chi connectivity index (χ0) is 20.6. The van der Waals surface area contributed by atoms with Crippen LogP contribution in [0.3, 0.4) is 0 Å². The number of benzene rings is 2. The van der Waals surface area contributed by atoms with Crippen LogP contribution < -0.4 is 19.5 Å². The van der Waals surface area contributed by atoms with Crippen molar-refractivity contribution >= 4 is 11.9 Å². The molecule has 2 heterocycles. The van der Waals surface area contributed by atoms with Crippen LogP contribution in [0.25, 0.3) is 0 Å². The van der Waals surface area contributed by atoms with Gasteiger partial charge in [0.05, 0.1) is 6.54 Å². The molecule has 3 amide bonds. The molecule has 0 spiro atoms. The highest BCUT2D eigenvalue weighted by molar-refractivity contribution is 6.07. The van der Waals surface area contributed by atoms with Gasteiger partial charge in [0.1, 0.15) is 29.8 Å². The van der Waals surface area contributed by atoms with E-state index in [1.165, 1.54) is 24.3 Å². The molecule has 0 aromatic heterocycles. The number of carbonyl (C=O) groups is 2. The summed E-state index contributed by atoms with van der Waals surface area (Å²) >= 11 is 0. The number of β-amino-alcohol motifs (C(OH)–C–C–N with tert-alkyl or cyclic N) is 1. The van der Waals surface area contributed by atoms with E-state index in [0.717, 1.165) is 4.90 Å². The van der Waals surface area contributed by atoms with Crippen molar-refractivity contribution in [3.63, 3.8) is 0 Å². The normalized spacial score (nSPS) is 21.3. The second kappa shape index (κ2) is 7.25. The first-order valence-electron chi connectivity index (χ1n) is 8.97. The van der Waals surface area contributed by atoms with Crippen LogP contribution in [0.1, 0.15) is 12.5 Å². The molecule has 2 aliphatic heterocycles. The zero-order valence-corrected chi connectivity index (χ0v) is 15.6. The highest BCUT2D eigenvalue weighted by Gasteiger charge is 2.49. The number of hydrogen-bond acceptors (Lipinski definition) is 6. The molecule has 1 saturated heterocycles. The number of nitrogens with zero attached hydrogens (tertiary/aromatic N) is 1. The first-order valence-corrected chi connectivity index (χ1v) is 8.97. The molecule has 0 radical (unpaired) electrons. The topological polar surface area (TPSA) is 97.3 Å². The summed E-state index contributed by atoms with van der Waals surface area (Å²) in [6.07, 6.45) is -1.12. The van der Waals surface area contributed by atoms with Crippen LogP contribution in [0.15, 0.2) is 42.5 Å². The minimum atomic E-state index is -1.30. The van der Waals surface area contributed by atoms with E-state index in [0.29, 0.717) is 22.8 Å². The largest absolute Gasteiger partial charge is 0.491 e. The maximum absolute atomic E-state index is 13.0. The van der Waals surface area contributed by atoms with Crippen molar-refractivity contribution in [1.82, 2.24) is 10.2 Å². The Morgan fingerprint density at radius 2 is 1.93 bits per heavy atom. The molecule has 0 bridgehead atoms. The second-order valence-corrected chi connectivity index (χ2v) is 6.96. The van der Waals surface area contributed by atoms with Crippen molar-refractivity contribution in [1.29, 1.82) is 0 Å². The molecule has 9 heteroatoms. The standard InChI is InChI=1S/C20H19FN2O6/c1-20(12-2-7-16-17(8-12)29-11-28-16)18(25)23(19(26)22-20)9-14(24)10-27-15-5-3-13(21)4-6-15/h2-8,14,24H,9-11H2,1H3,(H,22,26)/t14-,20-/m1/s1. The number of nitrogens with one attached hydrogen (secondary N) is 1. The molecule has 29 heavy (non-hydrogen) atoms. The Hall–Kier alpha value is -3.33. The van der Waals surface area contributed by atoms with E-state index in [2.05, 4.69) is 5.32 Å². The molecule has 8 nitrogen and oxygen atoms in total. The van der Waals surface area contributed by atoms with Gasteiger partial charge in [0.25, 0.3) is 5.91 Å². The van der Waals surface area contributed by atoms with Crippen molar-refractivity contribution < 1.29 is 33.3 Å². The molecule has 0 unspecified atom stereocenters. The van der Waals surface area contributed by atoms with E-state index in [-0.39, 0.29) is 19.9 Å². The highest BCUT2D eigenvalue weighted by atomic mass is 19.1. The highest BCUT2D eigenvalue weighted by Crippen LogP contribution is 2.37. The third kappa shape index (κ3) is 3.56. The van der Waals surface area contributed by atoms with Crippen molar-refractivity contribution in [2.24, 2.45) is 0 Å². The van der Waals surface area contributed by atoms with Gasteiger partial charge in [-0.3, -0.25) is 9.69 Å². The van der Waals surface area contributed by atoms with Crippen LogP contribution in [0, 0.1) is 5.82 Å². The summed E-state index contributed by atoms with van der Waals surface area (Å²) in [5.41, 5.74) is -0.755.